The largest absolute Gasteiger partial charge is 0.337 e. The van der Waals surface area contributed by atoms with E-state index in [1.54, 1.807) is 0 Å². The van der Waals surface area contributed by atoms with E-state index in [0.717, 1.165) is 44.8 Å². The zero-order valence-corrected chi connectivity index (χ0v) is 18.3. The van der Waals surface area contributed by atoms with Gasteiger partial charge in [-0.15, -0.1) is 0 Å². The third-order valence-corrected chi connectivity index (χ3v) is 8.27. The van der Waals surface area contributed by atoms with E-state index in [4.69, 9.17) is 0 Å². The summed E-state index contributed by atoms with van der Waals surface area (Å²) in [5, 5.41) is 4.46. The van der Waals surface area contributed by atoms with Gasteiger partial charge in [-0.25, -0.2) is 0 Å². The second kappa shape index (κ2) is 8.35. The molecule has 5 rings (SSSR count). The first-order valence-corrected chi connectivity index (χ1v) is 12.3. The Bertz CT molecular complexity index is 784. The summed E-state index contributed by atoms with van der Waals surface area (Å²) in [7, 11) is 0. The lowest BCUT2D eigenvalue weighted by Crippen LogP contribution is -2.65. The first-order chi connectivity index (χ1) is 14.6. The molecule has 1 saturated carbocycles. The van der Waals surface area contributed by atoms with Crippen LogP contribution in [0.1, 0.15) is 81.6 Å². The number of aryl methyl sites for hydroxylation is 1. The topological polar surface area (TPSA) is 58.4 Å². The Morgan fingerprint density at radius 2 is 1.90 bits per heavy atom. The zero-order chi connectivity index (χ0) is 20.7. The van der Waals surface area contributed by atoms with Crippen molar-refractivity contribution in [1.29, 1.82) is 0 Å². The number of hydrogen-bond acceptors (Lipinski definition) is 3. The van der Waals surface area contributed by atoms with Crippen molar-refractivity contribution >= 4 is 11.8 Å². The minimum absolute atomic E-state index is 0.0731. The number of hydrogen-bond donors (Lipinski definition) is 0. The molecular weight excluding hydrogens is 376 g/mol. The lowest BCUT2D eigenvalue weighted by atomic mass is 9.69. The minimum atomic E-state index is 0.0731. The molecule has 0 N–H and O–H groups in total. The molecule has 4 fully saturated rings. The number of aromatic nitrogens is 2. The summed E-state index contributed by atoms with van der Waals surface area (Å²) in [5.41, 5.74) is 0.567. The number of nitrogens with zero attached hydrogens (tertiary/aromatic N) is 4. The molecule has 1 aliphatic carbocycles. The van der Waals surface area contributed by atoms with Crippen molar-refractivity contribution in [3.63, 3.8) is 0 Å². The molecular formula is C24H36N4O2. The smallest absolute Gasteiger partial charge is 0.274 e. The second-order valence-corrected chi connectivity index (χ2v) is 10.1. The van der Waals surface area contributed by atoms with Crippen LogP contribution in [-0.4, -0.2) is 56.6 Å². The average molecular weight is 413 g/mol. The quantitative estimate of drug-likeness (QED) is 0.757. The van der Waals surface area contributed by atoms with Crippen molar-refractivity contribution in [3.05, 3.63) is 18.0 Å². The van der Waals surface area contributed by atoms with Gasteiger partial charge in [0.15, 0.2) is 0 Å². The molecule has 164 valence electrons. The fraction of sp³-hybridized carbons (Fsp3) is 0.792. The average Bonchev–Trinajstić information content (AvgIpc) is 3.26. The number of carbonyl (C=O) groups excluding carboxylic acids is 2. The van der Waals surface area contributed by atoms with E-state index in [-0.39, 0.29) is 5.91 Å². The first kappa shape index (κ1) is 20.1. The van der Waals surface area contributed by atoms with Gasteiger partial charge in [-0.05, 0) is 56.4 Å². The van der Waals surface area contributed by atoms with Crippen LogP contribution in [0.4, 0.5) is 0 Å². The summed E-state index contributed by atoms with van der Waals surface area (Å²) in [4.78, 5) is 30.7. The maximum Gasteiger partial charge on any atom is 0.274 e. The van der Waals surface area contributed by atoms with Gasteiger partial charge in [-0.1, -0.05) is 32.1 Å². The highest BCUT2D eigenvalue weighted by Crippen LogP contribution is 2.44. The number of rotatable bonds is 4. The zero-order valence-electron chi connectivity index (χ0n) is 18.3. The van der Waals surface area contributed by atoms with Crippen LogP contribution in [0, 0.1) is 17.8 Å². The molecule has 0 aromatic carbocycles. The van der Waals surface area contributed by atoms with Gasteiger partial charge >= 0.3 is 0 Å². The molecule has 4 heterocycles. The molecule has 2 amide bonds. The predicted molar refractivity (Wildman–Crippen MR) is 115 cm³/mol. The summed E-state index contributed by atoms with van der Waals surface area (Å²) in [5.74, 6) is 2.04. The van der Waals surface area contributed by atoms with Crippen LogP contribution in [0.15, 0.2) is 12.3 Å². The van der Waals surface area contributed by atoms with E-state index in [0.29, 0.717) is 41.9 Å². The van der Waals surface area contributed by atoms with Crippen LogP contribution in [0.2, 0.25) is 0 Å². The highest BCUT2D eigenvalue weighted by atomic mass is 16.2. The van der Waals surface area contributed by atoms with E-state index >= 15 is 0 Å². The highest BCUT2D eigenvalue weighted by Gasteiger charge is 2.50. The van der Waals surface area contributed by atoms with E-state index < -0.39 is 0 Å². The van der Waals surface area contributed by atoms with Crippen LogP contribution in [0.25, 0.3) is 0 Å². The molecule has 1 aromatic heterocycles. The Kier molecular flexibility index (Phi) is 5.59. The summed E-state index contributed by atoms with van der Waals surface area (Å²) >= 11 is 0. The molecule has 6 heteroatoms. The van der Waals surface area contributed by atoms with Gasteiger partial charge in [-0.3, -0.25) is 14.3 Å². The fourth-order valence-electron chi connectivity index (χ4n) is 6.82. The van der Waals surface area contributed by atoms with Gasteiger partial charge in [0.1, 0.15) is 5.69 Å². The van der Waals surface area contributed by atoms with Crippen molar-refractivity contribution < 1.29 is 9.59 Å². The Morgan fingerprint density at radius 1 is 1.10 bits per heavy atom. The summed E-state index contributed by atoms with van der Waals surface area (Å²) in [6.07, 6.45) is 13.7. The molecule has 0 spiro atoms. The molecule has 3 aliphatic heterocycles. The first-order valence-electron chi connectivity index (χ1n) is 12.3. The number of amides is 2. The lowest BCUT2D eigenvalue weighted by Gasteiger charge is -2.57. The van der Waals surface area contributed by atoms with Crippen molar-refractivity contribution in [1.82, 2.24) is 19.6 Å². The van der Waals surface area contributed by atoms with Gasteiger partial charge in [0.2, 0.25) is 5.91 Å². The van der Waals surface area contributed by atoms with Gasteiger partial charge in [0, 0.05) is 44.3 Å². The highest BCUT2D eigenvalue weighted by molar-refractivity contribution is 5.92. The monoisotopic (exact) mass is 412 g/mol. The Labute approximate surface area is 180 Å². The molecule has 30 heavy (non-hydrogen) atoms. The lowest BCUT2D eigenvalue weighted by molar-refractivity contribution is -0.153. The number of piperidine rings is 3. The van der Waals surface area contributed by atoms with E-state index in [1.807, 2.05) is 23.9 Å². The standard InChI is InChI=1S/C24H36N4O2/c1-2-27-12-11-20(25-27)24(30)26-15-18-14-19(16-26)22(13-17-7-4-3-5-8-17)28-21(18)9-6-10-23(28)29/h11-12,17-19,21-22H,2-10,13-16H2,1H3/t18-,19+,21+,22+/m1/s1. The Hall–Kier alpha value is -1.85. The van der Waals surface area contributed by atoms with Gasteiger partial charge in [0.05, 0.1) is 0 Å². The SMILES string of the molecule is CCn1ccc(C(=O)N2C[C@H]3C[C@@H](C2)[C@H](CC2CCCCC2)N2C(=O)CCC[C@@H]32)n1. The summed E-state index contributed by atoms with van der Waals surface area (Å²) in [6, 6.07) is 2.51. The molecule has 2 bridgehead atoms. The van der Waals surface area contributed by atoms with Crippen molar-refractivity contribution in [2.45, 2.75) is 89.8 Å². The molecule has 0 unspecified atom stereocenters. The third kappa shape index (κ3) is 3.67. The van der Waals surface area contributed by atoms with Gasteiger partial charge in [-0.2, -0.15) is 5.10 Å². The van der Waals surface area contributed by atoms with Crippen molar-refractivity contribution in [2.24, 2.45) is 17.8 Å². The van der Waals surface area contributed by atoms with Crippen LogP contribution < -0.4 is 0 Å². The summed E-state index contributed by atoms with van der Waals surface area (Å²) in [6.45, 7) is 4.37. The number of likely N-dealkylation sites (tertiary alicyclic amines) is 1. The molecule has 1 aromatic rings. The molecule has 4 aliphatic rings. The predicted octanol–water partition coefficient (Wildman–Crippen LogP) is 3.72. The van der Waals surface area contributed by atoms with Crippen molar-refractivity contribution in [3.8, 4) is 0 Å². The van der Waals surface area contributed by atoms with Gasteiger partial charge in [0.25, 0.3) is 5.91 Å². The number of carbonyl (C=O) groups is 2. The van der Waals surface area contributed by atoms with E-state index in [9.17, 15) is 9.59 Å². The summed E-state index contributed by atoms with van der Waals surface area (Å²) < 4.78 is 1.82. The molecule has 0 radical (unpaired) electrons. The van der Waals surface area contributed by atoms with Crippen LogP contribution in [0.5, 0.6) is 0 Å². The van der Waals surface area contributed by atoms with Crippen LogP contribution >= 0.6 is 0 Å². The maximum absolute atomic E-state index is 13.3. The second-order valence-electron chi connectivity index (χ2n) is 10.1. The molecule has 3 saturated heterocycles. The molecule has 4 atom stereocenters. The number of fused-ring (bicyclic) bond motifs is 4. The molecule has 6 nitrogen and oxygen atoms in total. The Balaban J connectivity index is 1.38. The normalized spacial score (nSPS) is 32.2. The van der Waals surface area contributed by atoms with E-state index in [2.05, 4.69) is 14.9 Å². The third-order valence-electron chi connectivity index (χ3n) is 8.27. The van der Waals surface area contributed by atoms with Crippen LogP contribution in [0.3, 0.4) is 0 Å². The van der Waals surface area contributed by atoms with Crippen molar-refractivity contribution in [2.75, 3.05) is 13.1 Å². The fourth-order valence-corrected chi connectivity index (χ4v) is 6.82. The minimum Gasteiger partial charge on any atom is -0.337 e. The maximum atomic E-state index is 13.3. The Morgan fingerprint density at radius 3 is 2.67 bits per heavy atom. The van der Waals surface area contributed by atoms with Gasteiger partial charge < -0.3 is 9.80 Å². The van der Waals surface area contributed by atoms with E-state index in [1.165, 1.54) is 38.5 Å². The van der Waals surface area contributed by atoms with Crippen LogP contribution in [-0.2, 0) is 11.3 Å².